The molecule has 11 rings (SSSR count). The van der Waals surface area contributed by atoms with Crippen molar-refractivity contribution >= 4 is 75.4 Å². The average Bonchev–Trinajstić information content (AvgIpc) is 3.85. The van der Waals surface area contributed by atoms with Crippen LogP contribution in [0, 0.1) is 0 Å². The summed E-state index contributed by atoms with van der Waals surface area (Å²) in [4.78, 5) is 19.4. The Labute approximate surface area is 295 Å². The van der Waals surface area contributed by atoms with Crippen molar-refractivity contribution in [2.24, 2.45) is 0 Å². The highest BCUT2D eigenvalue weighted by atomic mass is 32.1. The first-order valence-electron chi connectivity index (χ1n) is 16.9. The van der Waals surface area contributed by atoms with Crippen molar-refractivity contribution < 1.29 is 0 Å². The maximum absolute atomic E-state index is 5.28. The third-order valence-electron chi connectivity index (χ3n) is 9.92. The predicted octanol–water partition coefficient (Wildman–Crippen LogP) is 11.2. The molecule has 7 aromatic heterocycles. The zero-order valence-corrected chi connectivity index (χ0v) is 27.9. The van der Waals surface area contributed by atoms with Gasteiger partial charge in [-0.3, -0.25) is 9.97 Å². The van der Waals surface area contributed by atoms with Gasteiger partial charge in [0.2, 0.25) is 0 Å². The Hall–Kier alpha value is -6.70. The molecule has 0 saturated carbocycles. The number of nitrogens with zero attached hydrogens (tertiary/aromatic N) is 6. The third-order valence-corrected chi connectivity index (χ3v) is 11.0. The molecule has 51 heavy (non-hydrogen) atoms. The monoisotopic (exact) mass is 670 g/mol. The number of para-hydroxylation sites is 2. The maximum atomic E-state index is 5.28. The quantitative estimate of drug-likeness (QED) is 0.187. The number of hydrogen-bond donors (Lipinski definition) is 0. The number of pyridine rings is 4. The topological polar surface area (TPSA) is 61.4 Å². The van der Waals surface area contributed by atoms with Crippen molar-refractivity contribution in [3.63, 3.8) is 0 Å². The van der Waals surface area contributed by atoms with E-state index in [9.17, 15) is 0 Å². The highest BCUT2D eigenvalue weighted by Gasteiger charge is 2.17. The lowest BCUT2D eigenvalue weighted by molar-refractivity contribution is 1.17. The Kier molecular flexibility index (Phi) is 6.02. The molecule has 6 nitrogen and oxygen atoms in total. The zero-order valence-electron chi connectivity index (χ0n) is 27.1. The molecular formula is C44H26N6S. The average molecular weight is 671 g/mol. The molecule has 0 amide bonds. The van der Waals surface area contributed by atoms with Gasteiger partial charge in [0.25, 0.3) is 0 Å². The Morgan fingerprint density at radius 3 is 1.35 bits per heavy atom. The van der Waals surface area contributed by atoms with Gasteiger partial charge in [-0.25, -0.2) is 9.97 Å². The summed E-state index contributed by atoms with van der Waals surface area (Å²) in [5, 5.41) is 4.59. The van der Waals surface area contributed by atoms with Gasteiger partial charge >= 0.3 is 0 Å². The number of benzene rings is 4. The van der Waals surface area contributed by atoms with Crippen LogP contribution in [0.5, 0.6) is 0 Å². The second-order valence-electron chi connectivity index (χ2n) is 12.8. The fourth-order valence-corrected chi connectivity index (χ4v) is 8.58. The van der Waals surface area contributed by atoms with E-state index >= 15 is 0 Å². The first-order chi connectivity index (χ1) is 25.3. The molecule has 0 saturated heterocycles. The van der Waals surface area contributed by atoms with Gasteiger partial charge in [0.15, 0.2) is 0 Å². The lowest BCUT2D eigenvalue weighted by Gasteiger charge is -2.09. The van der Waals surface area contributed by atoms with Gasteiger partial charge in [-0.2, -0.15) is 0 Å². The smallest absolute Gasteiger partial charge is 0.108 e. The molecule has 0 bridgehead atoms. The molecule has 0 atom stereocenters. The molecule has 0 radical (unpaired) electrons. The summed E-state index contributed by atoms with van der Waals surface area (Å²) in [6.07, 6.45) is 7.63. The van der Waals surface area contributed by atoms with Gasteiger partial charge < -0.3 is 9.13 Å². The molecule has 0 N–H and O–H groups in total. The molecule has 4 aromatic carbocycles. The van der Waals surface area contributed by atoms with Crippen molar-refractivity contribution in [1.29, 1.82) is 0 Å². The van der Waals surface area contributed by atoms with Gasteiger partial charge in [-0.15, -0.1) is 11.3 Å². The Morgan fingerprint density at radius 1 is 0.412 bits per heavy atom. The lowest BCUT2D eigenvalue weighted by atomic mass is 10.1. The lowest BCUT2D eigenvalue weighted by Crippen LogP contribution is -1.94. The largest absolute Gasteiger partial charge is 0.309 e. The number of thiophene rings is 1. The molecular weight excluding hydrogens is 645 g/mol. The number of fused-ring (bicyclic) bond motifs is 9. The first kappa shape index (κ1) is 28.2. The molecule has 11 aromatic rings. The third kappa shape index (κ3) is 4.28. The zero-order chi connectivity index (χ0) is 33.5. The Bertz CT molecular complexity index is 2930. The van der Waals surface area contributed by atoms with Crippen LogP contribution in [-0.2, 0) is 0 Å². The molecule has 238 valence electrons. The van der Waals surface area contributed by atoms with E-state index in [0.717, 1.165) is 87.2 Å². The molecule has 0 fully saturated rings. The molecule has 0 aliphatic heterocycles. The van der Waals surface area contributed by atoms with Gasteiger partial charge in [0.05, 0.1) is 42.9 Å². The van der Waals surface area contributed by atoms with E-state index in [1.54, 1.807) is 11.3 Å². The summed E-state index contributed by atoms with van der Waals surface area (Å²) in [5.41, 5.74) is 12.5. The van der Waals surface area contributed by atoms with Crippen LogP contribution in [0.1, 0.15) is 0 Å². The first-order valence-corrected chi connectivity index (χ1v) is 17.7. The number of hydrogen-bond acceptors (Lipinski definition) is 5. The second-order valence-corrected chi connectivity index (χ2v) is 13.9. The van der Waals surface area contributed by atoms with Crippen LogP contribution in [0.15, 0.2) is 158 Å². The summed E-state index contributed by atoms with van der Waals surface area (Å²) >= 11 is 1.73. The van der Waals surface area contributed by atoms with E-state index in [2.05, 4.69) is 153 Å². The second kappa shape index (κ2) is 10.9. The predicted molar refractivity (Wildman–Crippen MR) is 210 cm³/mol. The van der Waals surface area contributed by atoms with Crippen molar-refractivity contribution in [1.82, 2.24) is 29.1 Å². The van der Waals surface area contributed by atoms with Crippen LogP contribution in [0.2, 0.25) is 0 Å². The molecule has 0 unspecified atom stereocenters. The van der Waals surface area contributed by atoms with Crippen LogP contribution in [-0.4, -0.2) is 29.1 Å². The maximum Gasteiger partial charge on any atom is 0.108 e. The summed E-state index contributed by atoms with van der Waals surface area (Å²) in [5.74, 6) is 0. The summed E-state index contributed by atoms with van der Waals surface area (Å²) in [6.45, 7) is 0. The minimum atomic E-state index is 0.918. The number of rotatable bonds is 4. The Balaban J connectivity index is 1.07. The number of aromatic nitrogens is 6. The fourth-order valence-electron chi connectivity index (χ4n) is 7.59. The fraction of sp³-hybridized carbons (Fsp3) is 0. The van der Waals surface area contributed by atoms with Gasteiger partial charge in [-0.1, -0.05) is 60.7 Å². The van der Waals surface area contributed by atoms with E-state index in [4.69, 9.17) is 9.97 Å². The van der Waals surface area contributed by atoms with E-state index in [1.807, 2.05) is 24.8 Å². The van der Waals surface area contributed by atoms with Gasteiger partial charge in [-0.05, 0) is 72.8 Å². The van der Waals surface area contributed by atoms with Crippen molar-refractivity contribution in [2.45, 2.75) is 0 Å². The van der Waals surface area contributed by atoms with Crippen molar-refractivity contribution in [3.8, 4) is 33.9 Å². The van der Waals surface area contributed by atoms with E-state index < -0.39 is 0 Å². The minimum Gasteiger partial charge on any atom is -0.309 e. The SMILES string of the molecule is c1ccc(-n2c3ccncc3c3ccc(-c4ccc5sc6ccc(-c7ccc8c9cnccc9n(-c9ccccc9)c8c7)nc6c5n4)cc32)cc1. The van der Waals surface area contributed by atoms with Crippen LogP contribution >= 0.6 is 11.3 Å². The van der Waals surface area contributed by atoms with Crippen LogP contribution < -0.4 is 0 Å². The van der Waals surface area contributed by atoms with E-state index in [0.29, 0.717) is 0 Å². The van der Waals surface area contributed by atoms with Crippen LogP contribution in [0.4, 0.5) is 0 Å². The van der Waals surface area contributed by atoms with Gasteiger partial charge in [0.1, 0.15) is 11.0 Å². The molecule has 0 spiro atoms. The molecule has 7 heterocycles. The summed E-state index contributed by atoms with van der Waals surface area (Å²) < 4.78 is 6.87. The highest BCUT2D eigenvalue weighted by molar-refractivity contribution is 7.25. The highest BCUT2D eigenvalue weighted by Crippen LogP contribution is 2.39. The molecule has 0 aliphatic rings. The summed E-state index contributed by atoms with van der Waals surface area (Å²) in [7, 11) is 0. The molecule has 7 heteroatoms. The van der Waals surface area contributed by atoms with E-state index in [1.165, 1.54) is 10.8 Å². The molecule has 0 aliphatic carbocycles. The van der Waals surface area contributed by atoms with Crippen molar-refractivity contribution in [3.05, 3.63) is 158 Å². The standard InChI is InChI=1S/C44H26N6S/c1-3-7-29(8-4-1)49-37-19-21-45-25-33(37)31-13-11-27(23-39(31)49)35-15-17-41-43(47-35)44-42(51-41)18-16-36(48-44)28-12-14-32-34-26-46-22-20-38(34)50(40(32)24-28)30-9-5-2-6-10-30/h1-26H. The van der Waals surface area contributed by atoms with Crippen LogP contribution in [0.25, 0.3) is 97.9 Å². The summed E-state index contributed by atoms with van der Waals surface area (Å²) in [6, 6.07) is 47.0. The van der Waals surface area contributed by atoms with Crippen LogP contribution in [0.3, 0.4) is 0 Å². The normalized spacial score (nSPS) is 11.9. The minimum absolute atomic E-state index is 0.918. The van der Waals surface area contributed by atoms with E-state index in [-0.39, 0.29) is 0 Å². The Morgan fingerprint density at radius 2 is 0.882 bits per heavy atom. The van der Waals surface area contributed by atoms with Crippen molar-refractivity contribution in [2.75, 3.05) is 0 Å². The van der Waals surface area contributed by atoms with Gasteiger partial charge in [0, 0.05) is 68.8 Å².